The summed E-state index contributed by atoms with van der Waals surface area (Å²) in [5.74, 6) is 0. The second-order valence-electron chi connectivity index (χ2n) is 17.9. The van der Waals surface area contributed by atoms with E-state index in [0.717, 1.165) is 22.2 Å². The van der Waals surface area contributed by atoms with Crippen molar-refractivity contribution in [1.29, 1.82) is 0 Å². The molecular weight excluding hydrogens is 833 g/mol. The molecule has 2 aromatic heterocycles. The van der Waals surface area contributed by atoms with E-state index in [1.54, 1.807) is 0 Å². The fraction of sp³-hybridized carbons (Fsp3) is 0. The molecule has 0 fully saturated rings. The number of hydrogen-bond acceptors (Lipinski definition) is 1. The average molecular weight is 877 g/mol. The van der Waals surface area contributed by atoms with Crippen LogP contribution in [0.1, 0.15) is 0 Å². The predicted octanol–water partition coefficient (Wildman–Crippen LogP) is 18.2. The van der Waals surface area contributed by atoms with Crippen molar-refractivity contribution in [2.45, 2.75) is 0 Å². The summed E-state index contributed by atoms with van der Waals surface area (Å²) < 4.78 is 2.26. The van der Waals surface area contributed by atoms with Crippen LogP contribution in [-0.2, 0) is 0 Å². The summed E-state index contributed by atoms with van der Waals surface area (Å²) in [7, 11) is 0. The highest BCUT2D eigenvalue weighted by molar-refractivity contribution is 6.22. The van der Waals surface area contributed by atoms with Gasteiger partial charge in [-0.05, 0) is 154 Å². The normalized spacial score (nSPS) is 11.5. The number of hydrogen-bond donors (Lipinski definition) is 0. The Morgan fingerprint density at radius 2 is 0.609 bits per heavy atom. The summed E-state index contributed by atoms with van der Waals surface area (Å²) in [6, 6.07) is 95.0. The standard InChI is InChI=1S/C67H44N2/c1-4-15-45(16-5-1)46-28-30-47(31-29-46)48-32-34-50(35-33-48)65-58-25-10-11-26-59(58)66(49-17-6-2-7-18-49)63-44-55(36-38-60(63)65)53-21-12-19-51(41-53)52-20-13-22-54(42-52)56-37-39-64-62(43-56)61-27-14-40-68-67(61)69(64)57-23-8-3-9-24-57/h1-44H. The molecule has 11 aromatic carbocycles. The van der Waals surface area contributed by atoms with E-state index in [9.17, 15) is 0 Å². The second-order valence-corrected chi connectivity index (χ2v) is 17.9. The van der Waals surface area contributed by atoms with E-state index < -0.39 is 0 Å². The van der Waals surface area contributed by atoms with Crippen LogP contribution in [0.5, 0.6) is 0 Å². The maximum atomic E-state index is 4.84. The Bertz CT molecular complexity index is 4020. The van der Waals surface area contributed by atoms with Crippen LogP contribution >= 0.6 is 0 Å². The minimum atomic E-state index is 0.964. The maximum absolute atomic E-state index is 4.84. The molecule has 0 spiro atoms. The van der Waals surface area contributed by atoms with E-state index >= 15 is 0 Å². The first-order valence-electron chi connectivity index (χ1n) is 23.7. The monoisotopic (exact) mass is 876 g/mol. The number of aromatic nitrogens is 2. The van der Waals surface area contributed by atoms with Crippen molar-refractivity contribution in [1.82, 2.24) is 9.55 Å². The molecule has 0 amide bonds. The first-order valence-corrected chi connectivity index (χ1v) is 23.7. The van der Waals surface area contributed by atoms with Crippen molar-refractivity contribution < 1.29 is 0 Å². The molecule has 0 bridgehead atoms. The molecule has 69 heavy (non-hydrogen) atoms. The highest BCUT2D eigenvalue weighted by Gasteiger charge is 2.19. The third-order valence-corrected chi connectivity index (χ3v) is 13.9. The number of benzene rings is 11. The van der Waals surface area contributed by atoms with Crippen LogP contribution in [0.3, 0.4) is 0 Å². The predicted molar refractivity (Wildman–Crippen MR) is 292 cm³/mol. The van der Waals surface area contributed by atoms with Crippen LogP contribution in [-0.4, -0.2) is 9.55 Å². The van der Waals surface area contributed by atoms with E-state index in [1.807, 2.05) is 12.3 Å². The van der Waals surface area contributed by atoms with Gasteiger partial charge < -0.3 is 0 Å². The smallest absolute Gasteiger partial charge is 0.145 e. The lowest BCUT2D eigenvalue weighted by Crippen LogP contribution is -1.94. The van der Waals surface area contributed by atoms with Gasteiger partial charge in [0.25, 0.3) is 0 Å². The minimum Gasteiger partial charge on any atom is -0.294 e. The van der Waals surface area contributed by atoms with Crippen LogP contribution in [0.15, 0.2) is 267 Å². The maximum Gasteiger partial charge on any atom is 0.145 e. The average Bonchev–Trinajstić information content (AvgIpc) is 3.77. The molecule has 13 aromatic rings. The number of rotatable bonds is 8. The Hall–Kier alpha value is -9.11. The molecular formula is C67H44N2. The summed E-state index contributed by atoms with van der Waals surface area (Å²) >= 11 is 0. The SMILES string of the molecule is c1ccc(-c2ccc(-c3ccc(-c4c5ccccc5c(-c5ccccc5)c5cc(-c6cccc(-c7cccc(-c8ccc9c(c8)c8cccnc8n9-c8ccccc8)c7)c6)ccc45)cc3)cc2)cc1. The Balaban J connectivity index is 0.891. The fourth-order valence-corrected chi connectivity index (χ4v) is 10.5. The number of nitrogens with zero attached hydrogens (tertiary/aromatic N) is 2. The van der Waals surface area contributed by atoms with Gasteiger partial charge in [0.2, 0.25) is 0 Å². The zero-order valence-electron chi connectivity index (χ0n) is 37.8. The van der Waals surface area contributed by atoms with E-state index in [0.29, 0.717) is 0 Å². The summed E-state index contributed by atoms with van der Waals surface area (Å²) in [5.41, 5.74) is 20.1. The molecule has 0 aliphatic heterocycles. The minimum absolute atomic E-state index is 0.964. The Kier molecular flexibility index (Phi) is 9.88. The molecule has 322 valence electrons. The van der Waals surface area contributed by atoms with Crippen molar-refractivity contribution >= 4 is 43.5 Å². The van der Waals surface area contributed by atoms with Gasteiger partial charge in [-0.1, -0.05) is 206 Å². The van der Waals surface area contributed by atoms with E-state index in [-0.39, 0.29) is 0 Å². The molecule has 2 nitrogen and oxygen atoms in total. The van der Waals surface area contributed by atoms with Gasteiger partial charge in [0, 0.05) is 22.7 Å². The van der Waals surface area contributed by atoms with E-state index in [2.05, 4.69) is 259 Å². The summed E-state index contributed by atoms with van der Waals surface area (Å²) in [5, 5.41) is 7.30. The van der Waals surface area contributed by atoms with Gasteiger partial charge in [-0.15, -0.1) is 0 Å². The zero-order valence-corrected chi connectivity index (χ0v) is 37.8. The van der Waals surface area contributed by atoms with Gasteiger partial charge in [0.05, 0.1) is 5.52 Å². The van der Waals surface area contributed by atoms with Crippen LogP contribution in [0, 0.1) is 0 Å². The van der Waals surface area contributed by atoms with Gasteiger partial charge in [-0.3, -0.25) is 4.57 Å². The van der Waals surface area contributed by atoms with Crippen molar-refractivity contribution in [3.05, 3.63) is 267 Å². The number of fused-ring (bicyclic) bond motifs is 5. The largest absolute Gasteiger partial charge is 0.294 e. The number of pyridine rings is 1. The Morgan fingerprint density at radius 3 is 1.19 bits per heavy atom. The van der Waals surface area contributed by atoms with Gasteiger partial charge in [-0.2, -0.15) is 0 Å². The van der Waals surface area contributed by atoms with Crippen LogP contribution in [0.25, 0.3) is 127 Å². The lowest BCUT2D eigenvalue weighted by atomic mass is 9.84. The van der Waals surface area contributed by atoms with Crippen LogP contribution in [0.4, 0.5) is 0 Å². The molecule has 2 heterocycles. The molecule has 0 aliphatic rings. The zero-order chi connectivity index (χ0) is 45.7. The Labute approximate surface area is 401 Å². The summed E-state index contributed by atoms with van der Waals surface area (Å²) in [4.78, 5) is 4.84. The molecule has 0 atom stereocenters. The first kappa shape index (κ1) is 40.2. The van der Waals surface area contributed by atoms with Crippen molar-refractivity contribution in [3.8, 4) is 83.6 Å². The summed E-state index contributed by atoms with van der Waals surface area (Å²) in [6.45, 7) is 0. The van der Waals surface area contributed by atoms with Crippen molar-refractivity contribution in [2.24, 2.45) is 0 Å². The van der Waals surface area contributed by atoms with Crippen molar-refractivity contribution in [2.75, 3.05) is 0 Å². The quantitative estimate of drug-likeness (QED) is 0.139. The van der Waals surface area contributed by atoms with Gasteiger partial charge >= 0.3 is 0 Å². The molecule has 2 heteroatoms. The van der Waals surface area contributed by atoms with Gasteiger partial charge in [-0.25, -0.2) is 4.98 Å². The molecule has 0 aliphatic carbocycles. The molecule has 13 rings (SSSR count). The third-order valence-electron chi connectivity index (χ3n) is 13.9. The molecule has 0 radical (unpaired) electrons. The third kappa shape index (κ3) is 7.18. The summed E-state index contributed by atoms with van der Waals surface area (Å²) in [6.07, 6.45) is 1.88. The lowest BCUT2D eigenvalue weighted by molar-refractivity contribution is 1.14. The fourth-order valence-electron chi connectivity index (χ4n) is 10.5. The van der Waals surface area contributed by atoms with Crippen LogP contribution < -0.4 is 0 Å². The molecule has 0 saturated carbocycles. The highest BCUT2D eigenvalue weighted by Crippen LogP contribution is 2.45. The van der Waals surface area contributed by atoms with Crippen molar-refractivity contribution in [3.63, 3.8) is 0 Å². The lowest BCUT2D eigenvalue weighted by Gasteiger charge is -2.19. The first-order chi connectivity index (χ1) is 34.2. The molecule has 0 N–H and O–H groups in total. The number of para-hydroxylation sites is 1. The highest BCUT2D eigenvalue weighted by atomic mass is 15.0. The van der Waals surface area contributed by atoms with E-state index in [4.69, 9.17) is 4.98 Å². The van der Waals surface area contributed by atoms with Gasteiger partial charge in [0.15, 0.2) is 0 Å². The molecule has 0 saturated heterocycles. The van der Waals surface area contributed by atoms with E-state index in [1.165, 1.54) is 105 Å². The van der Waals surface area contributed by atoms with Crippen LogP contribution in [0.2, 0.25) is 0 Å². The topological polar surface area (TPSA) is 17.8 Å². The molecule has 0 unspecified atom stereocenters. The van der Waals surface area contributed by atoms with Gasteiger partial charge in [0.1, 0.15) is 5.65 Å². The second kappa shape index (κ2) is 17.0. The Morgan fingerprint density at radius 1 is 0.232 bits per heavy atom.